The molecule has 27 heavy (non-hydrogen) atoms. The summed E-state index contributed by atoms with van der Waals surface area (Å²) in [5, 5.41) is 13.0. The summed E-state index contributed by atoms with van der Waals surface area (Å²) in [6.07, 6.45) is 6.29. The lowest BCUT2D eigenvalue weighted by molar-refractivity contribution is 0.215. The monoisotopic (exact) mass is 409 g/mol. The van der Waals surface area contributed by atoms with Gasteiger partial charge in [-0.1, -0.05) is 67.9 Å². The van der Waals surface area contributed by atoms with E-state index in [-0.39, 0.29) is 16.5 Å². The van der Waals surface area contributed by atoms with Gasteiger partial charge < -0.3 is 9.84 Å². The first-order chi connectivity index (χ1) is 12.9. The molecule has 0 aliphatic heterocycles. The number of aryl methyl sites for hydroxylation is 1. The number of carbonyl (C=O) groups is 1. The fourth-order valence-corrected chi connectivity index (χ4v) is 3.19. The number of aromatic hydroxyl groups is 1. The van der Waals surface area contributed by atoms with Gasteiger partial charge in [0, 0.05) is 5.02 Å². The number of phenols is 1. The lowest BCUT2D eigenvalue weighted by atomic mass is 10.1. The van der Waals surface area contributed by atoms with Crippen LogP contribution in [-0.2, 0) is 6.42 Å². The molecule has 1 amide bonds. The van der Waals surface area contributed by atoms with Gasteiger partial charge in [-0.3, -0.25) is 5.32 Å². The van der Waals surface area contributed by atoms with Crippen LogP contribution < -0.4 is 10.1 Å². The zero-order valence-corrected chi connectivity index (χ0v) is 17.2. The molecular weight excluding hydrogens is 385 g/mol. The molecule has 2 rings (SSSR count). The first-order valence-electron chi connectivity index (χ1n) is 9.17. The Bertz CT molecular complexity index is 793. The van der Waals surface area contributed by atoms with Crippen LogP contribution >= 0.6 is 23.2 Å². The van der Waals surface area contributed by atoms with E-state index in [0.717, 1.165) is 18.4 Å². The van der Waals surface area contributed by atoms with Crippen LogP contribution in [0, 0.1) is 6.92 Å². The molecule has 4 nitrogen and oxygen atoms in total. The summed E-state index contributed by atoms with van der Waals surface area (Å²) in [5.74, 6) is 0.207. The third kappa shape index (κ3) is 6.33. The van der Waals surface area contributed by atoms with Gasteiger partial charge in [-0.2, -0.15) is 0 Å². The van der Waals surface area contributed by atoms with Crippen molar-refractivity contribution in [1.29, 1.82) is 0 Å². The highest BCUT2D eigenvalue weighted by Gasteiger charge is 2.15. The van der Waals surface area contributed by atoms with Crippen LogP contribution in [0.1, 0.15) is 50.2 Å². The fraction of sp³-hybridized carbons (Fsp3) is 0.381. The Labute approximate surface area is 170 Å². The van der Waals surface area contributed by atoms with Gasteiger partial charge in [0.15, 0.2) is 5.75 Å². The predicted octanol–water partition coefficient (Wildman–Crippen LogP) is 7.13. The number of carbonyl (C=O) groups excluding carboxylic acids is 1. The topological polar surface area (TPSA) is 58.6 Å². The van der Waals surface area contributed by atoms with Crippen molar-refractivity contribution in [2.75, 3.05) is 5.32 Å². The molecule has 2 aromatic carbocycles. The molecule has 0 atom stereocenters. The molecule has 0 bridgehead atoms. The van der Waals surface area contributed by atoms with Gasteiger partial charge in [-0.25, -0.2) is 4.79 Å². The summed E-state index contributed by atoms with van der Waals surface area (Å²) in [6.45, 7) is 3.88. The number of anilines is 1. The molecule has 0 aliphatic rings. The highest BCUT2D eigenvalue weighted by molar-refractivity contribution is 6.37. The second-order valence-corrected chi connectivity index (χ2v) is 7.30. The Morgan fingerprint density at radius 1 is 1.15 bits per heavy atom. The second-order valence-electron chi connectivity index (χ2n) is 6.52. The SMILES string of the molecule is CCCCCCCc1cccc(OC(=O)Nc2cc(Cl)c(C)c(Cl)c2O)c1. The summed E-state index contributed by atoms with van der Waals surface area (Å²) >= 11 is 12.1. The molecule has 2 aromatic rings. The van der Waals surface area contributed by atoms with Gasteiger partial charge in [-0.15, -0.1) is 0 Å². The van der Waals surface area contributed by atoms with E-state index in [0.29, 0.717) is 16.3 Å². The van der Waals surface area contributed by atoms with E-state index >= 15 is 0 Å². The number of phenolic OH excluding ortho intramolecular Hbond substituents is 1. The number of ether oxygens (including phenoxy) is 1. The average Bonchev–Trinajstić information content (AvgIpc) is 2.64. The number of hydrogen-bond donors (Lipinski definition) is 2. The molecule has 0 fully saturated rings. The summed E-state index contributed by atoms with van der Waals surface area (Å²) in [4.78, 5) is 12.2. The van der Waals surface area contributed by atoms with Crippen molar-refractivity contribution in [1.82, 2.24) is 0 Å². The first kappa shape index (κ1) is 21.4. The van der Waals surface area contributed by atoms with Crippen molar-refractivity contribution in [2.24, 2.45) is 0 Å². The minimum atomic E-state index is -0.721. The Morgan fingerprint density at radius 3 is 2.63 bits per heavy atom. The van der Waals surface area contributed by atoms with E-state index in [1.165, 1.54) is 31.7 Å². The van der Waals surface area contributed by atoms with Crippen LogP contribution in [0.2, 0.25) is 10.0 Å². The average molecular weight is 410 g/mol. The fourth-order valence-electron chi connectivity index (χ4n) is 2.74. The van der Waals surface area contributed by atoms with Crippen molar-refractivity contribution in [3.8, 4) is 11.5 Å². The van der Waals surface area contributed by atoms with E-state index in [4.69, 9.17) is 27.9 Å². The zero-order chi connectivity index (χ0) is 19.8. The van der Waals surface area contributed by atoms with E-state index in [2.05, 4.69) is 12.2 Å². The molecule has 0 spiro atoms. The Hall–Kier alpha value is -1.91. The van der Waals surface area contributed by atoms with Gasteiger partial charge in [0.2, 0.25) is 0 Å². The number of halogens is 2. The van der Waals surface area contributed by atoms with Gasteiger partial charge in [0.25, 0.3) is 0 Å². The molecule has 0 heterocycles. The first-order valence-corrected chi connectivity index (χ1v) is 9.93. The van der Waals surface area contributed by atoms with Crippen molar-refractivity contribution in [3.63, 3.8) is 0 Å². The number of rotatable bonds is 8. The Balaban J connectivity index is 1.95. The van der Waals surface area contributed by atoms with Crippen LogP contribution in [0.4, 0.5) is 10.5 Å². The molecule has 0 aromatic heterocycles. The molecule has 0 saturated carbocycles. The quantitative estimate of drug-likeness (QED) is 0.359. The molecule has 0 aliphatic carbocycles. The summed E-state index contributed by atoms with van der Waals surface area (Å²) in [6, 6.07) is 8.90. The third-order valence-electron chi connectivity index (χ3n) is 4.34. The smallest absolute Gasteiger partial charge is 0.417 e. The molecule has 0 radical (unpaired) electrons. The lowest BCUT2D eigenvalue weighted by Crippen LogP contribution is -2.17. The van der Waals surface area contributed by atoms with Gasteiger partial charge in [0.05, 0.1) is 10.7 Å². The van der Waals surface area contributed by atoms with E-state index in [9.17, 15) is 9.90 Å². The number of amides is 1. The molecular formula is C21H25Cl2NO3. The summed E-state index contributed by atoms with van der Waals surface area (Å²) < 4.78 is 5.32. The van der Waals surface area contributed by atoms with Crippen molar-refractivity contribution in [2.45, 2.75) is 52.4 Å². The minimum Gasteiger partial charge on any atom is -0.504 e. The maximum atomic E-state index is 12.2. The zero-order valence-electron chi connectivity index (χ0n) is 15.6. The third-order valence-corrected chi connectivity index (χ3v) is 5.19. The van der Waals surface area contributed by atoms with Gasteiger partial charge in [0.1, 0.15) is 5.75 Å². The van der Waals surface area contributed by atoms with Crippen molar-refractivity contribution in [3.05, 3.63) is 51.5 Å². The minimum absolute atomic E-state index is 0.0999. The molecule has 146 valence electrons. The maximum Gasteiger partial charge on any atom is 0.417 e. The number of benzene rings is 2. The maximum absolute atomic E-state index is 12.2. The van der Waals surface area contributed by atoms with E-state index in [1.807, 2.05) is 18.2 Å². The Morgan fingerprint density at radius 2 is 1.89 bits per heavy atom. The van der Waals surface area contributed by atoms with Gasteiger partial charge in [-0.05, 0) is 49.1 Å². The Kier molecular flexibility index (Phi) is 8.26. The van der Waals surface area contributed by atoms with E-state index < -0.39 is 6.09 Å². The predicted molar refractivity (Wildman–Crippen MR) is 111 cm³/mol. The van der Waals surface area contributed by atoms with Crippen LogP contribution in [0.15, 0.2) is 30.3 Å². The number of hydrogen-bond acceptors (Lipinski definition) is 3. The van der Waals surface area contributed by atoms with Gasteiger partial charge >= 0.3 is 6.09 Å². The normalized spacial score (nSPS) is 10.7. The molecule has 0 unspecified atom stereocenters. The summed E-state index contributed by atoms with van der Waals surface area (Å²) in [5.41, 5.74) is 1.77. The highest BCUT2D eigenvalue weighted by atomic mass is 35.5. The van der Waals surface area contributed by atoms with E-state index in [1.54, 1.807) is 13.0 Å². The van der Waals surface area contributed by atoms with Crippen LogP contribution in [0.25, 0.3) is 0 Å². The second kappa shape index (κ2) is 10.4. The largest absolute Gasteiger partial charge is 0.504 e. The van der Waals surface area contributed by atoms with Crippen LogP contribution in [-0.4, -0.2) is 11.2 Å². The standard InChI is InChI=1S/C21H25Cl2NO3/c1-3-4-5-6-7-9-15-10-8-11-16(12-15)27-21(26)24-18-13-17(22)14(2)19(23)20(18)25/h8,10-13,25H,3-7,9H2,1-2H3,(H,24,26). The molecule has 0 saturated heterocycles. The van der Waals surface area contributed by atoms with Crippen LogP contribution in [0.3, 0.4) is 0 Å². The lowest BCUT2D eigenvalue weighted by Gasteiger charge is -2.12. The van der Waals surface area contributed by atoms with Crippen LogP contribution in [0.5, 0.6) is 11.5 Å². The highest BCUT2D eigenvalue weighted by Crippen LogP contribution is 2.38. The molecule has 6 heteroatoms. The summed E-state index contributed by atoms with van der Waals surface area (Å²) in [7, 11) is 0. The number of nitrogens with one attached hydrogen (secondary N) is 1. The molecule has 2 N–H and O–H groups in total. The van der Waals surface area contributed by atoms with Crippen molar-refractivity contribution < 1.29 is 14.6 Å². The number of unbranched alkanes of at least 4 members (excludes halogenated alkanes) is 4. The van der Waals surface area contributed by atoms with Crippen molar-refractivity contribution >= 4 is 35.0 Å².